The molecule has 1 aliphatic heterocycles. The van der Waals surface area contributed by atoms with Gasteiger partial charge in [-0.15, -0.1) is 0 Å². The van der Waals surface area contributed by atoms with Crippen LogP contribution in [0.3, 0.4) is 0 Å². The van der Waals surface area contributed by atoms with Crippen LogP contribution in [-0.4, -0.2) is 9.55 Å². The molecule has 124 valence electrons. The SMILES string of the molecule is Cc1nc2n(c1C)C13CCCC4(CCCC1(C4)c1ccccc1-2)C3. The summed E-state index contributed by atoms with van der Waals surface area (Å²) < 4.78 is 2.73. The van der Waals surface area contributed by atoms with Crippen LogP contribution >= 0.6 is 0 Å². The van der Waals surface area contributed by atoms with Crippen molar-refractivity contribution in [1.82, 2.24) is 9.55 Å². The van der Waals surface area contributed by atoms with Gasteiger partial charge in [0.2, 0.25) is 0 Å². The zero-order valence-corrected chi connectivity index (χ0v) is 14.9. The van der Waals surface area contributed by atoms with Gasteiger partial charge in [0.1, 0.15) is 5.82 Å². The normalized spacial score (nSPS) is 38.4. The average Bonchev–Trinajstić information content (AvgIpc) is 2.96. The van der Waals surface area contributed by atoms with Crippen molar-refractivity contribution >= 4 is 0 Å². The topological polar surface area (TPSA) is 17.8 Å². The predicted molar refractivity (Wildman–Crippen MR) is 96.2 cm³/mol. The fourth-order valence-corrected chi connectivity index (χ4v) is 7.60. The largest absolute Gasteiger partial charge is 0.321 e. The molecule has 1 aromatic heterocycles. The van der Waals surface area contributed by atoms with Gasteiger partial charge in [0.05, 0.1) is 11.2 Å². The second-order valence-electron chi connectivity index (χ2n) is 9.16. The van der Waals surface area contributed by atoms with E-state index < -0.39 is 0 Å². The molecule has 3 atom stereocenters. The number of rotatable bonds is 0. The Morgan fingerprint density at radius 2 is 1.75 bits per heavy atom. The second-order valence-corrected chi connectivity index (χ2v) is 9.16. The van der Waals surface area contributed by atoms with Gasteiger partial charge in [0, 0.05) is 16.7 Å². The zero-order chi connectivity index (χ0) is 16.2. The summed E-state index contributed by atoms with van der Waals surface area (Å²) in [6.07, 6.45) is 11.3. The summed E-state index contributed by atoms with van der Waals surface area (Å²) in [5.41, 5.74) is 6.97. The van der Waals surface area contributed by atoms with Crippen LogP contribution in [0.25, 0.3) is 11.4 Å². The van der Waals surface area contributed by atoms with Crippen LogP contribution in [0.4, 0.5) is 0 Å². The Hall–Kier alpha value is -1.57. The number of imidazole rings is 1. The van der Waals surface area contributed by atoms with E-state index in [1.807, 2.05) is 0 Å². The zero-order valence-electron chi connectivity index (χ0n) is 14.9. The van der Waals surface area contributed by atoms with Gasteiger partial charge in [0.25, 0.3) is 0 Å². The summed E-state index contributed by atoms with van der Waals surface area (Å²) >= 11 is 0. The number of hydrogen-bond donors (Lipinski definition) is 0. The molecule has 6 rings (SSSR count). The Morgan fingerprint density at radius 1 is 0.958 bits per heavy atom. The summed E-state index contributed by atoms with van der Waals surface area (Å²) in [7, 11) is 0. The monoisotopic (exact) mass is 318 g/mol. The Balaban J connectivity index is 1.78. The second kappa shape index (κ2) is 3.98. The minimum absolute atomic E-state index is 0.302. The number of nitrogens with zero attached hydrogens (tertiary/aromatic N) is 2. The quantitative estimate of drug-likeness (QED) is 0.647. The number of aryl methyl sites for hydroxylation is 1. The van der Waals surface area contributed by atoms with E-state index in [9.17, 15) is 0 Å². The first-order valence-electron chi connectivity index (χ1n) is 9.77. The fraction of sp³-hybridized carbons (Fsp3) is 0.591. The summed E-state index contributed by atoms with van der Waals surface area (Å²) in [4.78, 5) is 5.07. The van der Waals surface area contributed by atoms with E-state index in [0.29, 0.717) is 16.4 Å². The first kappa shape index (κ1) is 13.7. The molecule has 0 radical (unpaired) electrons. The number of fused-ring (bicyclic) bond motifs is 3. The molecule has 2 nitrogen and oxygen atoms in total. The van der Waals surface area contributed by atoms with E-state index in [4.69, 9.17) is 4.98 Å². The Morgan fingerprint density at radius 3 is 2.62 bits per heavy atom. The smallest absolute Gasteiger partial charge is 0.141 e. The van der Waals surface area contributed by atoms with Crippen LogP contribution in [0.2, 0.25) is 0 Å². The molecule has 24 heavy (non-hydrogen) atoms. The van der Waals surface area contributed by atoms with Crippen molar-refractivity contribution in [3.8, 4) is 11.4 Å². The fourth-order valence-electron chi connectivity index (χ4n) is 7.60. The Labute approximate surface area is 144 Å². The van der Waals surface area contributed by atoms with Gasteiger partial charge in [-0.05, 0) is 63.4 Å². The number of aromatic nitrogens is 2. The molecule has 3 fully saturated rings. The maximum Gasteiger partial charge on any atom is 0.141 e. The molecule has 1 aromatic carbocycles. The molecule has 2 aromatic rings. The summed E-state index contributed by atoms with van der Waals surface area (Å²) in [6, 6.07) is 9.25. The number of hydrogen-bond acceptors (Lipinski definition) is 1. The van der Waals surface area contributed by atoms with Gasteiger partial charge in [-0.1, -0.05) is 37.1 Å². The molecule has 3 spiro atoms. The van der Waals surface area contributed by atoms with E-state index in [1.165, 1.54) is 74.1 Å². The highest BCUT2D eigenvalue weighted by Gasteiger charge is 2.69. The molecule has 3 unspecified atom stereocenters. The lowest BCUT2D eigenvalue weighted by atomic mass is 9.59. The van der Waals surface area contributed by atoms with E-state index in [-0.39, 0.29) is 0 Å². The molecule has 4 aliphatic rings. The standard InChI is InChI=1S/C22H26N2/c1-15-16(2)24-19(23-15)17-7-3-4-8-18(17)21-11-5-9-20(13-21)10-6-12-22(21,24)14-20/h3-4,7-8H,5-6,9-14H2,1-2H3. The molecule has 3 bridgehead atoms. The van der Waals surface area contributed by atoms with Crippen molar-refractivity contribution in [3.05, 3.63) is 41.2 Å². The van der Waals surface area contributed by atoms with Gasteiger partial charge in [-0.3, -0.25) is 0 Å². The molecule has 0 amide bonds. The molecule has 0 N–H and O–H groups in total. The Kier molecular flexibility index (Phi) is 2.27. The van der Waals surface area contributed by atoms with Crippen molar-refractivity contribution in [2.45, 2.75) is 76.2 Å². The van der Waals surface area contributed by atoms with Crippen LogP contribution in [0.5, 0.6) is 0 Å². The molecule has 0 saturated heterocycles. The van der Waals surface area contributed by atoms with E-state index in [0.717, 1.165) is 0 Å². The molecular weight excluding hydrogens is 292 g/mol. The maximum absolute atomic E-state index is 5.07. The maximum atomic E-state index is 5.07. The van der Waals surface area contributed by atoms with Gasteiger partial charge in [-0.25, -0.2) is 4.98 Å². The lowest BCUT2D eigenvalue weighted by Crippen LogP contribution is -2.52. The highest BCUT2D eigenvalue weighted by atomic mass is 15.2. The predicted octanol–water partition coefficient (Wildman–Crippen LogP) is 5.26. The van der Waals surface area contributed by atoms with Gasteiger partial charge >= 0.3 is 0 Å². The lowest BCUT2D eigenvalue weighted by molar-refractivity contribution is 0.116. The van der Waals surface area contributed by atoms with E-state index >= 15 is 0 Å². The molecule has 3 aliphatic carbocycles. The van der Waals surface area contributed by atoms with Crippen LogP contribution in [0.15, 0.2) is 24.3 Å². The van der Waals surface area contributed by atoms with Crippen molar-refractivity contribution in [1.29, 1.82) is 0 Å². The number of benzene rings is 1. The van der Waals surface area contributed by atoms with Crippen LogP contribution < -0.4 is 0 Å². The molecule has 2 heterocycles. The molecule has 3 saturated carbocycles. The van der Waals surface area contributed by atoms with E-state index in [1.54, 1.807) is 5.56 Å². The van der Waals surface area contributed by atoms with Crippen molar-refractivity contribution < 1.29 is 0 Å². The van der Waals surface area contributed by atoms with Gasteiger partial charge < -0.3 is 4.57 Å². The first-order valence-corrected chi connectivity index (χ1v) is 9.77. The summed E-state index contributed by atoms with van der Waals surface area (Å²) in [6.45, 7) is 4.51. The van der Waals surface area contributed by atoms with Gasteiger partial charge in [-0.2, -0.15) is 0 Å². The highest BCUT2D eigenvalue weighted by Crippen LogP contribution is 2.74. The minimum atomic E-state index is 0.302. The lowest BCUT2D eigenvalue weighted by Gasteiger charge is -2.52. The molecular formula is C22H26N2. The van der Waals surface area contributed by atoms with Gasteiger partial charge in [0.15, 0.2) is 0 Å². The third-order valence-electron chi connectivity index (χ3n) is 8.30. The first-order chi connectivity index (χ1) is 11.6. The summed E-state index contributed by atoms with van der Waals surface area (Å²) in [5.74, 6) is 1.26. The van der Waals surface area contributed by atoms with Crippen LogP contribution in [-0.2, 0) is 11.0 Å². The van der Waals surface area contributed by atoms with Crippen LogP contribution in [0.1, 0.15) is 68.3 Å². The van der Waals surface area contributed by atoms with Crippen molar-refractivity contribution in [2.24, 2.45) is 5.41 Å². The van der Waals surface area contributed by atoms with Crippen molar-refractivity contribution in [2.75, 3.05) is 0 Å². The van der Waals surface area contributed by atoms with E-state index in [2.05, 4.69) is 42.7 Å². The Bertz CT molecular complexity index is 874. The minimum Gasteiger partial charge on any atom is -0.321 e. The third-order valence-corrected chi connectivity index (χ3v) is 8.30. The summed E-state index contributed by atoms with van der Waals surface area (Å²) in [5, 5.41) is 0. The highest BCUT2D eigenvalue weighted by molar-refractivity contribution is 5.69. The average molecular weight is 318 g/mol. The molecule has 2 heteroatoms. The third kappa shape index (κ3) is 1.25. The van der Waals surface area contributed by atoms with Crippen LogP contribution in [0, 0.1) is 19.3 Å². The van der Waals surface area contributed by atoms with Crippen molar-refractivity contribution in [3.63, 3.8) is 0 Å².